The lowest BCUT2D eigenvalue weighted by Gasteiger charge is -2.39. The first-order valence-corrected chi connectivity index (χ1v) is 7.91. The van der Waals surface area contributed by atoms with Gasteiger partial charge in [0, 0.05) is 30.0 Å². The third kappa shape index (κ3) is 2.70. The van der Waals surface area contributed by atoms with E-state index in [-0.39, 0.29) is 22.5 Å². The summed E-state index contributed by atoms with van der Waals surface area (Å²) in [5.74, 6) is -2.13. The Morgan fingerprint density at radius 3 is 2.62 bits per heavy atom. The lowest BCUT2D eigenvalue weighted by Crippen LogP contribution is -2.42. The van der Waals surface area contributed by atoms with Gasteiger partial charge in [0.1, 0.15) is 11.6 Å². The summed E-state index contributed by atoms with van der Waals surface area (Å²) in [6, 6.07) is 2.94. The van der Waals surface area contributed by atoms with Crippen LogP contribution in [0.15, 0.2) is 30.0 Å². The molecule has 1 aliphatic carbocycles. The summed E-state index contributed by atoms with van der Waals surface area (Å²) in [7, 11) is 0. The minimum absolute atomic E-state index is 0.0810. The highest BCUT2D eigenvalue weighted by molar-refractivity contribution is 6.00. The van der Waals surface area contributed by atoms with E-state index >= 15 is 0 Å². The number of halogens is 2. The number of carbonyl (C=O) groups is 2. The van der Waals surface area contributed by atoms with Crippen LogP contribution in [-0.2, 0) is 4.79 Å². The predicted octanol–water partition coefficient (Wildman–Crippen LogP) is 2.64. The number of nitrogens with zero attached hydrogens (tertiary/aromatic N) is 1. The fraction of sp³-hybridized carbons (Fsp3) is 0.444. The molecule has 2 N–H and O–H groups in total. The van der Waals surface area contributed by atoms with Gasteiger partial charge in [-0.25, -0.2) is 8.78 Å². The Balaban J connectivity index is 1.85. The van der Waals surface area contributed by atoms with E-state index in [9.17, 15) is 18.4 Å². The Bertz CT molecular complexity index is 757. The second-order valence-corrected chi connectivity index (χ2v) is 7.45. The summed E-state index contributed by atoms with van der Waals surface area (Å²) >= 11 is 0. The van der Waals surface area contributed by atoms with Crippen LogP contribution in [0.2, 0.25) is 0 Å². The maximum Gasteiger partial charge on any atom is 0.256 e. The molecular formula is C18H20F2N2O2. The highest BCUT2D eigenvalue weighted by Gasteiger charge is 2.48. The van der Waals surface area contributed by atoms with Crippen molar-refractivity contribution in [2.24, 2.45) is 16.6 Å². The van der Waals surface area contributed by atoms with Crippen LogP contribution in [0.1, 0.15) is 37.0 Å². The maximum atomic E-state index is 13.9. The highest BCUT2D eigenvalue weighted by Crippen LogP contribution is 2.47. The smallest absolute Gasteiger partial charge is 0.256 e. The number of allylic oxidation sites excluding steroid dienone is 1. The molecule has 1 atom stereocenters. The first-order chi connectivity index (χ1) is 11.1. The molecule has 4 nitrogen and oxygen atoms in total. The number of carbonyl (C=O) groups excluding carboxylic acids is 2. The fourth-order valence-electron chi connectivity index (χ4n) is 3.96. The van der Waals surface area contributed by atoms with Crippen molar-refractivity contribution in [1.82, 2.24) is 4.90 Å². The number of amides is 1. The third-order valence-electron chi connectivity index (χ3n) is 4.97. The van der Waals surface area contributed by atoms with E-state index in [1.54, 1.807) is 11.0 Å². The van der Waals surface area contributed by atoms with E-state index in [0.717, 1.165) is 12.1 Å². The van der Waals surface area contributed by atoms with Crippen LogP contribution in [-0.4, -0.2) is 29.7 Å². The molecule has 6 heteroatoms. The van der Waals surface area contributed by atoms with Gasteiger partial charge in [-0.1, -0.05) is 13.8 Å². The van der Waals surface area contributed by atoms with Gasteiger partial charge in [0.05, 0.1) is 11.3 Å². The molecule has 3 rings (SSSR count). The normalized spacial score (nSPS) is 25.9. The molecule has 1 spiro atoms. The molecule has 0 unspecified atom stereocenters. The zero-order valence-electron chi connectivity index (χ0n) is 13.7. The lowest BCUT2D eigenvalue weighted by atomic mass is 9.65. The number of benzene rings is 1. The minimum atomic E-state index is -0.866. The molecule has 1 aliphatic heterocycles. The van der Waals surface area contributed by atoms with E-state index in [1.807, 2.05) is 13.8 Å². The van der Waals surface area contributed by atoms with Gasteiger partial charge in [-0.15, -0.1) is 0 Å². The Labute approximate surface area is 139 Å². The molecule has 1 amide bonds. The summed E-state index contributed by atoms with van der Waals surface area (Å²) in [5.41, 5.74) is 5.02. The van der Waals surface area contributed by atoms with Crippen LogP contribution < -0.4 is 5.73 Å². The zero-order valence-corrected chi connectivity index (χ0v) is 13.7. The molecule has 1 aromatic rings. The third-order valence-corrected chi connectivity index (χ3v) is 4.97. The van der Waals surface area contributed by atoms with Crippen molar-refractivity contribution in [3.63, 3.8) is 0 Å². The van der Waals surface area contributed by atoms with Gasteiger partial charge in [-0.2, -0.15) is 0 Å². The largest absolute Gasteiger partial charge is 0.396 e. The molecule has 2 aliphatic rings. The predicted molar refractivity (Wildman–Crippen MR) is 85.0 cm³/mol. The number of hydrogen-bond donors (Lipinski definition) is 1. The van der Waals surface area contributed by atoms with Crippen LogP contribution in [0.3, 0.4) is 0 Å². The van der Waals surface area contributed by atoms with Gasteiger partial charge in [-0.3, -0.25) is 9.59 Å². The van der Waals surface area contributed by atoms with E-state index in [1.165, 1.54) is 0 Å². The second kappa shape index (κ2) is 5.40. The second-order valence-electron chi connectivity index (χ2n) is 7.45. The number of rotatable bonds is 1. The molecule has 1 saturated heterocycles. The first kappa shape index (κ1) is 16.6. The van der Waals surface area contributed by atoms with Crippen LogP contribution >= 0.6 is 0 Å². The first-order valence-electron chi connectivity index (χ1n) is 7.91. The Morgan fingerprint density at radius 2 is 2.00 bits per heavy atom. The van der Waals surface area contributed by atoms with E-state index in [0.29, 0.717) is 32.0 Å². The van der Waals surface area contributed by atoms with Crippen molar-refractivity contribution in [3.05, 3.63) is 47.2 Å². The molecule has 0 aromatic heterocycles. The molecule has 1 aromatic carbocycles. The average Bonchev–Trinajstić information content (AvgIpc) is 2.87. The van der Waals surface area contributed by atoms with Gasteiger partial charge in [0.2, 0.25) is 0 Å². The summed E-state index contributed by atoms with van der Waals surface area (Å²) in [4.78, 5) is 26.2. The monoisotopic (exact) mass is 334 g/mol. The fourth-order valence-corrected chi connectivity index (χ4v) is 3.96. The Kier molecular flexibility index (Phi) is 3.73. The van der Waals surface area contributed by atoms with Crippen LogP contribution in [0, 0.1) is 22.5 Å². The summed E-state index contributed by atoms with van der Waals surface area (Å²) in [5, 5.41) is 0. The van der Waals surface area contributed by atoms with Gasteiger partial charge >= 0.3 is 0 Å². The number of nitrogens with two attached hydrogens (primary N) is 1. The van der Waals surface area contributed by atoms with Crippen molar-refractivity contribution in [3.8, 4) is 0 Å². The summed E-state index contributed by atoms with van der Waals surface area (Å²) < 4.78 is 26.9. The number of Topliss-reactive ketones (excluding diaryl/α,β-unsaturated/α-hetero) is 1. The quantitative estimate of drug-likeness (QED) is 0.859. The molecule has 0 radical (unpaired) electrons. The zero-order chi connectivity index (χ0) is 17.7. The number of hydrogen-bond acceptors (Lipinski definition) is 3. The molecule has 1 heterocycles. The van der Waals surface area contributed by atoms with Crippen molar-refractivity contribution < 1.29 is 18.4 Å². The summed E-state index contributed by atoms with van der Waals surface area (Å²) in [6.45, 7) is 4.52. The van der Waals surface area contributed by atoms with E-state index in [2.05, 4.69) is 0 Å². The van der Waals surface area contributed by atoms with Gasteiger partial charge in [-0.05, 0) is 31.1 Å². The van der Waals surface area contributed by atoms with Gasteiger partial charge in [0.25, 0.3) is 5.91 Å². The SMILES string of the molecule is CC1(C)C[C@@]2(C=C(N)C1=O)CCN(C(=O)c1ccc(F)cc1F)C2. The average molecular weight is 334 g/mol. The summed E-state index contributed by atoms with van der Waals surface area (Å²) in [6.07, 6.45) is 3.02. The Hall–Kier alpha value is -2.24. The molecule has 0 saturated carbocycles. The van der Waals surface area contributed by atoms with Gasteiger partial charge in [0.15, 0.2) is 5.78 Å². The number of ketones is 1. The molecule has 0 bridgehead atoms. The maximum absolute atomic E-state index is 13.9. The lowest BCUT2D eigenvalue weighted by molar-refractivity contribution is -0.125. The van der Waals surface area contributed by atoms with E-state index in [4.69, 9.17) is 5.73 Å². The minimum Gasteiger partial charge on any atom is -0.396 e. The van der Waals surface area contributed by atoms with Crippen molar-refractivity contribution in [1.29, 1.82) is 0 Å². The van der Waals surface area contributed by atoms with E-state index < -0.39 is 23.0 Å². The highest BCUT2D eigenvalue weighted by atomic mass is 19.1. The molecular weight excluding hydrogens is 314 g/mol. The standard InChI is InChI=1S/C18H20F2N2O2/c1-17(2)9-18(8-14(21)15(17)23)5-6-22(10-18)16(24)12-4-3-11(19)7-13(12)20/h3-4,7-8H,5-6,9-10,21H2,1-2H3/t18-/m0/s1. The van der Waals surface area contributed by atoms with Crippen molar-refractivity contribution >= 4 is 11.7 Å². The molecule has 128 valence electrons. The topological polar surface area (TPSA) is 63.4 Å². The van der Waals surface area contributed by atoms with Gasteiger partial charge < -0.3 is 10.6 Å². The van der Waals surface area contributed by atoms with Crippen LogP contribution in [0.5, 0.6) is 0 Å². The van der Waals surface area contributed by atoms with Crippen molar-refractivity contribution in [2.75, 3.05) is 13.1 Å². The van der Waals surface area contributed by atoms with Crippen LogP contribution in [0.25, 0.3) is 0 Å². The number of likely N-dealkylation sites (tertiary alicyclic amines) is 1. The Morgan fingerprint density at radius 1 is 1.29 bits per heavy atom. The van der Waals surface area contributed by atoms with Crippen LogP contribution in [0.4, 0.5) is 8.78 Å². The molecule has 24 heavy (non-hydrogen) atoms. The van der Waals surface area contributed by atoms with Crippen molar-refractivity contribution in [2.45, 2.75) is 26.7 Å². The molecule has 1 fully saturated rings.